The molecule has 2 aromatic carbocycles. The summed E-state index contributed by atoms with van der Waals surface area (Å²) in [7, 11) is -3.48. The smallest absolute Gasteiger partial charge is 0.338 e. The summed E-state index contributed by atoms with van der Waals surface area (Å²) in [5, 5.41) is 2.73. The van der Waals surface area contributed by atoms with Gasteiger partial charge in [-0.1, -0.05) is 17.7 Å². The molecule has 0 bridgehead atoms. The second-order valence-corrected chi connectivity index (χ2v) is 7.48. The molecule has 0 unspecified atom stereocenters. The average Bonchev–Trinajstić information content (AvgIpc) is 2.56. The molecule has 2 N–H and O–H groups in total. The van der Waals surface area contributed by atoms with Gasteiger partial charge in [-0.3, -0.25) is 9.52 Å². The number of amides is 1. The molecule has 0 saturated heterocycles. The van der Waals surface area contributed by atoms with Crippen LogP contribution in [-0.4, -0.2) is 33.2 Å². The van der Waals surface area contributed by atoms with E-state index in [0.717, 1.165) is 6.26 Å². The van der Waals surface area contributed by atoms with Gasteiger partial charge in [0.15, 0.2) is 0 Å². The van der Waals surface area contributed by atoms with E-state index >= 15 is 0 Å². The van der Waals surface area contributed by atoms with Crippen molar-refractivity contribution in [3.63, 3.8) is 0 Å². The molecule has 1 amide bonds. The largest absolute Gasteiger partial charge is 0.462 e. The number of halogens is 1. The number of carbonyl (C=O) groups excluding carboxylic acids is 2. The number of ether oxygens (including phenoxy) is 1. The topological polar surface area (TPSA) is 102 Å². The minimum absolute atomic E-state index is 0.0864. The number of carbonyl (C=O) groups is 2. The number of benzene rings is 2. The van der Waals surface area contributed by atoms with Crippen LogP contribution in [-0.2, 0) is 14.8 Å². The second-order valence-electron chi connectivity index (χ2n) is 5.32. The fraction of sp³-hybridized carbons (Fsp3) is 0.176. The predicted molar refractivity (Wildman–Crippen MR) is 100 cm³/mol. The van der Waals surface area contributed by atoms with Gasteiger partial charge < -0.3 is 10.1 Å². The average molecular weight is 397 g/mol. The summed E-state index contributed by atoms with van der Waals surface area (Å²) in [4.78, 5) is 24.1. The van der Waals surface area contributed by atoms with E-state index in [1.54, 1.807) is 25.1 Å². The van der Waals surface area contributed by atoms with Crippen molar-refractivity contribution in [3.8, 4) is 0 Å². The van der Waals surface area contributed by atoms with Crippen LogP contribution < -0.4 is 10.0 Å². The maximum absolute atomic E-state index is 12.3. The fourth-order valence-electron chi connectivity index (χ4n) is 2.08. The van der Waals surface area contributed by atoms with Gasteiger partial charge in [-0.25, -0.2) is 13.2 Å². The molecule has 7 nitrogen and oxygen atoms in total. The number of hydrogen-bond acceptors (Lipinski definition) is 5. The molecule has 0 aliphatic carbocycles. The van der Waals surface area contributed by atoms with E-state index in [-0.39, 0.29) is 22.9 Å². The molecule has 0 atom stereocenters. The van der Waals surface area contributed by atoms with Crippen LogP contribution in [0.1, 0.15) is 27.6 Å². The summed E-state index contributed by atoms with van der Waals surface area (Å²) < 4.78 is 29.7. The monoisotopic (exact) mass is 396 g/mol. The van der Waals surface area contributed by atoms with Gasteiger partial charge in [0.25, 0.3) is 5.91 Å². The molecule has 26 heavy (non-hydrogen) atoms. The molecular formula is C17H17ClN2O5S. The summed E-state index contributed by atoms with van der Waals surface area (Å²) in [6, 6.07) is 10.5. The zero-order valence-corrected chi connectivity index (χ0v) is 15.6. The molecule has 2 aromatic rings. The Morgan fingerprint density at radius 1 is 1.12 bits per heavy atom. The first kappa shape index (κ1) is 19.7. The Bertz CT molecular complexity index is 944. The van der Waals surface area contributed by atoms with Gasteiger partial charge in [0.1, 0.15) is 0 Å². The molecule has 0 radical (unpaired) electrons. The summed E-state index contributed by atoms with van der Waals surface area (Å²) in [5.74, 6) is -0.943. The molecule has 138 valence electrons. The number of hydrogen-bond donors (Lipinski definition) is 2. The van der Waals surface area contributed by atoms with Crippen LogP contribution in [0.4, 0.5) is 11.4 Å². The van der Waals surface area contributed by atoms with Gasteiger partial charge in [-0.15, -0.1) is 0 Å². The Morgan fingerprint density at radius 3 is 2.46 bits per heavy atom. The second kappa shape index (κ2) is 8.20. The normalized spacial score (nSPS) is 10.9. The highest BCUT2D eigenvalue weighted by molar-refractivity contribution is 7.92. The molecule has 0 aliphatic rings. The molecule has 0 heterocycles. The third-order valence-corrected chi connectivity index (χ3v) is 4.06. The van der Waals surface area contributed by atoms with Crippen molar-refractivity contribution in [1.82, 2.24) is 0 Å². The predicted octanol–water partition coefficient (Wildman–Crippen LogP) is 3.14. The number of sulfonamides is 1. The molecular weight excluding hydrogens is 380 g/mol. The van der Waals surface area contributed by atoms with Gasteiger partial charge in [-0.05, 0) is 43.3 Å². The Morgan fingerprint density at radius 2 is 1.85 bits per heavy atom. The minimum atomic E-state index is -3.48. The maximum Gasteiger partial charge on any atom is 0.338 e. The summed E-state index contributed by atoms with van der Waals surface area (Å²) in [6.45, 7) is 1.96. The lowest BCUT2D eigenvalue weighted by atomic mass is 10.1. The fourth-order valence-corrected chi connectivity index (χ4v) is 2.94. The third-order valence-electron chi connectivity index (χ3n) is 3.16. The summed E-state index contributed by atoms with van der Waals surface area (Å²) in [5.41, 5.74) is 1.14. The van der Waals surface area contributed by atoms with Gasteiger partial charge in [-0.2, -0.15) is 0 Å². The van der Waals surface area contributed by atoms with E-state index in [0.29, 0.717) is 11.3 Å². The van der Waals surface area contributed by atoms with Crippen molar-refractivity contribution in [2.24, 2.45) is 0 Å². The van der Waals surface area contributed by atoms with Gasteiger partial charge in [0, 0.05) is 11.3 Å². The Balaban J connectivity index is 2.16. The molecule has 0 fully saturated rings. The molecule has 0 aromatic heterocycles. The molecule has 9 heteroatoms. The lowest BCUT2D eigenvalue weighted by Gasteiger charge is -2.10. The van der Waals surface area contributed by atoms with Crippen molar-refractivity contribution in [2.45, 2.75) is 6.92 Å². The lowest BCUT2D eigenvalue weighted by molar-refractivity contribution is 0.0526. The molecule has 0 saturated carbocycles. The van der Waals surface area contributed by atoms with Crippen molar-refractivity contribution < 1.29 is 22.7 Å². The number of anilines is 2. The Labute approximate surface area is 156 Å². The van der Waals surface area contributed by atoms with Crippen LogP contribution >= 0.6 is 11.6 Å². The van der Waals surface area contributed by atoms with Crippen molar-refractivity contribution >= 4 is 44.9 Å². The van der Waals surface area contributed by atoms with E-state index < -0.39 is 21.9 Å². The van der Waals surface area contributed by atoms with Crippen LogP contribution in [0.15, 0.2) is 42.5 Å². The first-order valence-electron chi connectivity index (χ1n) is 7.55. The third kappa shape index (κ3) is 5.47. The van der Waals surface area contributed by atoms with Crippen LogP contribution in [0.3, 0.4) is 0 Å². The van der Waals surface area contributed by atoms with Crippen LogP contribution in [0.25, 0.3) is 0 Å². The van der Waals surface area contributed by atoms with E-state index in [9.17, 15) is 18.0 Å². The molecule has 0 spiro atoms. The van der Waals surface area contributed by atoms with Crippen LogP contribution in [0, 0.1) is 0 Å². The maximum atomic E-state index is 12.3. The van der Waals surface area contributed by atoms with Crippen molar-refractivity contribution in [1.29, 1.82) is 0 Å². The number of nitrogens with one attached hydrogen (secondary N) is 2. The van der Waals surface area contributed by atoms with Crippen molar-refractivity contribution in [3.05, 3.63) is 58.6 Å². The highest BCUT2D eigenvalue weighted by Crippen LogP contribution is 2.24. The van der Waals surface area contributed by atoms with Gasteiger partial charge in [0.2, 0.25) is 10.0 Å². The quantitative estimate of drug-likeness (QED) is 0.730. The minimum Gasteiger partial charge on any atom is -0.462 e. The van der Waals surface area contributed by atoms with Gasteiger partial charge >= 0.3 is 5.97 Å². The first-order chi connectivity index (χ1) is 12.2. The van der Waals surface area contributed by atoms with Crippen LogP contribution in [0.2, 0.25) is 5.02 Å². The zero-order chi connectivity index (χ0) is 19.3. The van der Waals surface area contributed by atoms with E-state index in [1.807, 2.05) is 0 Å². The van der Waals surface area contributed by atoms with E-state index in [4.69, 9.17) is 16.3 Å². The van der Waals surface area contributed by atoms with E-state index in [1.165, 1.54) is 24.3 Å². The number of rotatable bonds is 6. The SMILES string of the molecule is CCOC(=O)c1cccc(NC(=O)c2ccc(NS(C)(=O)=O)c(Cl)c2)c1. The highest BCUT2D eigenvalue weighted by atomic mass is 35.5. The number of esters is 1. The van der Waals surface area contributed by atoms with E-state index in [2.05, 4.69) is 10.0 Å². The van der Waals surface area contributed by atoms with Crippen molar-refractivity contribution in [2.75, 3.05) is 22.9 Å². The first-order valence-corrected chi connectivity index (χ1v) is 9.82. The summed E-state index contributed by atoms with van der Waals surface area (Å²) >= 11 is 6.02. The molecule has 0 aliphatic heterocycles. The van der Waals surface area contributed by atoms with Gasteiger partial charge in [0.05, 0.1) is 29.1 Å². The van der Waals surface area contributed by atoms with Crippen LogP contribution in [0.5, 0.6) is 0 Å². The Kier molecular flexibility index (Phi) is 6.23. The molecule has 2 rings (SSSR count). The standard InChI is InChI=1S/C17H17ClN2O5S/c1-3-25-17(22)12-5-4-6-13(9-12)19-16(21)11-7-8-15(14(18)10-11)20-26(2,23)24/h4-10,20H,3H2,1-2H3,(H,19,21). The highest BCUT2D eigenvalue weighted by Gasteiger charge is 2.13. The zero-order valence-electron chi connectivity index (χ0n) is 14.1. The lowest BCUT2D eigenvalue weighted by Crippen LogP contribution is -2.14. The Hall–Kier alpha value is -2.58. The summed E-state index contributed by atoms with van der Waals surface area (Å²) in [6.07, 6.45) is 1.00.